The number of hydrogen-bond donors (Lipinski definition) is 2. The molecule has 0 aliphatic carbocycles. The number of rotatable bonds is 7. The molecule has 0 fully saturated rings. The fourth-order valence-corrected chi connectivity index (χ4v) is 1.82. The molecule has 20 heavy (non-hydrogen) atoms. The van der Waals surface area contributed by atoms with Crippen molar-refractivity contribution in [3.63, 3.8) is 0 Å². The van der Waals surface area contributed by atoms with Gasteiger partial charge in [0.05, 0.1) is 12.8 Å². The summed E-state index contributed by atoms with van der Waals surface area (Å²) in [4.78, 5) is 0. The van der Waals surface area contributed by atoms with E-state index < -0.39 is 0 Å². The largest absolute Gasteiger partial charge is 0.490 e. The van der Waals surface area contributed by atoms with Gasteiger partial charge >= 0.3 is 0 Å². The Balaban J connectivity index is 3.01. The van der Waals surface area contributed by atoms with Crippen molar-refractivity contribution in [2.24, 2.45) is 10.8 Å². The molecule has 108 valence electrons. The fraction of sp³-hybridized carbons (Fsp3) is 0.231. The van der Waals surface area contributed by atoms with Crippen LogP contribution in [-0.2, 0) is 0 Å². The lowest BCUT2D eigenvalue weighted by atomic mass is 10.2. The van der Waals surface area contributed by atoms with Gasteiger partial charge in [0.15, 0.2) is 16.6 Å². The Morgan fingerprint density at radius 1 is 1.50 bits per heavy atom. The second kappa shape index (κ2) is 8.55. The van der Waals surface area contributed by atoms with E-state index in [1.807, 2.05) is 19.1 Å². The number of halogens is 1. The van der Waals surface area contributed by atoms with Gasteiger partial charge in [-0.25, -0.2) is 0 Å². The Morgan fingerprint density at radius 2 is 2.20 bits per heavy atom. The lowest BCUT2D eigenvalue weighted by Gasteiger charge is -2.12. The number of nitrogens with two attached hydrogens (primary N) is 1. The van der Waals surface area contributed by atoms with Crippen LogP contribution in [0.25, 0.3) is 0 Å². The minimum absolute atomic E-state index is 0.105. The Morgan fingerprint density at radius 3 is 2.80 bits per heavy atom. The van der Waals surface area contributed by atoms with E-state index in [1.54, 1.807) is 12.3 Å². The standard InChI is InChI=1S/C13H16BrN3O2S/c1-3-5-19-12-7-10(14)9(6-11(12)18-4-2)8-16-17-13(15)20/h3,6-8H,1,4-5H2,2H3,(H3,15,17,20)/b16-8+. The molecule has 1 aromatic carbocycles. The Labute approximate surface area is 132 Å². The minimum Gasteiger partial charge on any atom is -0.490 e. The third kappa shape index (κ3) is 5.18. The first kappa shape index (κ1) is 16.5. The van der Waals surface area contributed by atoms with E-state index >= 15 is 0 Å². The summed E-state index contributed by atoms with van der Waals surface area (Å²) < 4.78 is 11.9. The highest BCUT2D eigenvalue weighted by Gasteiger charge is 2.09. The first-order valence-electron chi connectivity index (χ1n) is 5.87. The fourth-order valence-electron chi connectivity index (χ4n) is 1.35. The molecule has 0 aromatic heterocycles. The summed E-state index contributed by atoms with van der Waals surface area (Å²) in [5.74, 6) is 1.27. The third-order valence-electron chi connectivity index (χ3n) is 2.10. The molecule has 0 saturated heterocycles. The normalized spacial score (nSPS) is 10.3. The van der Waals surface area contributed by atoms with Crippen LogP contribution in [0.1, 0.15) is 12.5 Å². The summed E-state index contributed by atoms with van der Waals surface area (Å²) in [6, 6.07) is 3.63. The number of hydrazone groups is 1. The second-order valence-electron chi connectivity index (χ2n) is 3.59. The maximum Gasteiger partial charge on any atom is 0.184 e. The van der Waals surface area contributed by atoms with Crippen molar-refractivity contribution in [3.05, 3.63) is 34.8 Å². The zero-order valence-corrected chi connectivity index (χ0v) is 13.5. The van der Waals surface area contributed by atoms with Gasteiger partial charge in [-0.15, -0.1) is 0 Å². The van der Waals surface area contributed by atoms with Gasteiger partial charge in [0.2, 0.25) is 0 Å². The Hall–Kier alpha value is -1.60. The molecule has 1 aromatic rings. The highest BCUT2D eigenvalue weighted by atomic mass is 79.9. The first-order valence-corrected chi connectivity index (χ1v) is 7.07. The van der Waals surface area contributed by atoms with Crippen LogP contribution in [0.4, 0.5) is 0 Å². The minimum atomic E-state index is 0.105. The summed E-state index contributed by atoms with van der Waals surface area (Å²) in [6.07, 6.45) is 3.26. The second-order valence-corrected chi connectivity index (χ2v) is 4.88. The van der Waals surface area contributed by atoms with Gasteiger partial charge in [0.25, 0.3) is 0 Å². The molecule has 0 unspecified atom stereocenters. The number of hydrogen-bond acceptors (Lipinski definition) is 4. The van der Waals surface area contributed by atoms with E-state index in [-0.39, 0.29) is 5.11 Å². The molecule has 0 heterocycles. The average molecular weight is 358 g/mol. The number of ether oxygens (including phenoxy) is 2. The number of nitrogens with zero attached hydrogens (tertiary/aromatic N) is 1. The number of nitrogens with one attached hydrogen (secondary N) is 1. The lowest BCUT2D eigenvalue weighted by molar-refractivity contribution is 0.296. The zero-order chi connectivity index (χ0) is 15.0. The molecule has 0 saturated carbocycles. The monoisotopic (exact) mass is 357 g/mol. The molecule has 0 atom stereocenters. The Kier molecular flexibility index (Phi) is 7.03. The van der Waals surface area contributed by atoms with Crippen molar-refractivity contribution in [2.75, 3.05) is 13.2 Å². The molecule has 1 rings (SSSR count). The van der Waals surface area contributed by atoms with Crippen molar-refractivity contribution in [2.45, 2.75) is 6.92 Å². The Bertz CT molecular complexity index is 521. The summed E-state index contributed by atoms with van der Waals surface area (Å²) in [7, 11) is 0. The predicted octanol–water partition coefficient (Wildman–Crippen LogP) is 2.58. The van der Waals surface area contributed by atoms with Crippen molar-refractivity contribution in [1.82, 2.24) is 5.43 Å². The quantitative estimate of drug-likeness (QED) is 0.339. The van der Waals surface area contributed by atoms with Gasteiger partial charge < -0.3 is 15.2 Å². The average Bonchev–Trinajstić information content (AvgIpc) is 2.40. The molecule has 0 aliphatic rings. The molecule has 5 nitrogen and oxygen atoms in total. The number of benzene rings is 1. The van der Waals surface area contributed by atoms with Crippen LogP contribution in [0.2, 0.25) is 0 Å². The van der Waals surface area contributed by atoms with Crippen LogP contribution in [-0.4, -0.2) is 24.5 Å². The molecular weight excluding hydrogens is 342 g/mol. The number of thiocarbonyl (C=S) groups is 1. The van der Waals surface area contributed by atoms with E-state index in [0.717, 1.165) is 10.0 Å². The highest BCUT2D eigenvalue weighted by Crippen LogP contribution is 2.33. The van der Waals surface area contributed by atoms with Crippen molar-refractivity contribution in [3.8, 4) is 11.5 Å². The van der Waals surface area contributed by atoms with Crippen LogP contribution in [0.15, 0.2) is 34.4 Å². The molecular formula is C13H16BrN3O2S. The van der Waals surface area contributed by atoms with Gasteiger partial charge in [0.1, 0.15) is 6.61 Å². The first-order chi connectivity index (χ1) is 9.58. The van der Waals surface area contributed by atoms with Gasteiger partial charge in [0, 0.05) is 10.0 Å². The summed E-state index contributed by atoms with van der Waals surface area (Å²) in [5, 5.41) is 4.02. The van der Waals surface area contributed by atoms with Gasteiger partial charge in [-0.1, -0.05) is 12.7 Å². The molecule has 7 heteroatoms. The molecule has 0 aliphatic heterocycles. The van der Waals surface area contributed by atoms with Gasteiger partial charge in [-0.3, -0.25) is 5.43 Å². The van der Waals surface area contributed by atoms with Crippen LogP contribution >= 0.6 is 28.1 Å². The summed E-state index contributed by atoms with van der Waals surface area (Å²) in [6.45, 7) is 6.46. The molecule has 3 N–H and O–H groups in total. The van der Waals surface area contributed by atoms with E-state index in [4.69, 9.17) is 15.2 Å². The smallest absolute Gasteiger partial charge is 0.184 e. The molecule has 0 spiro atoms. The van der Waals surface area contributed by atoms with E-state index in [9.17, 15) is 0 Å². The molecule has 0 bridgehead atoms. The van der Waals surface area contributed by atoms with E-state index in [1.165, 1.54) is 0 Å². The lowest BCUT2D eigenvalue weighted by Crippen LogP contribution is -2.24. The predicted molar refractivity (Wildman–Crippen MR) is 88.5 cm³/mol. The van der Waals surface area contributed by atoms with Crippen LogP contribution in [0, 0.1) is 0 Å². The molecule has 0 amide bonds. The van der Waals surface area contributed by atoms with E-state index in [0.29, 0.717) is 24.7 Å². The summed E-state index contributed by atoms with van der Waals surface area (Å²) >= 11 is 8.11. The SMILES string of the molecule is C=CCOc1cc(Br)c(/C=N/NC(N)=S)cc1OCC. The highest BCUT2D eigenvalue weighted by molar-refractivity contribution is 9.10. The van der Waals surface area contributed by atoms with Crippen molar-refractivity contribution in [1.29, 1.82) is 0 Å². The topological polar surface area (TPSA) is 68.9 Å². The van der Waals surface area contributed by atoms with Crippen molar-refractivity contribution < 1.29 is 9.47 Å². The van der Waals surface area contributed by atoms with E-state index in [2.05, 4.69) is 45.3 Å². The van der Waals surface area contributed by atoms with Gasteiger partial charge in [-0.2, -0.15) is 5.10 Å². The maximum atomic E-state index is 5.54. The van der Waals surface area contributed by atoms with Gasteiger partial charge in [-0.05, 0) is 47.2 Å². The van der Waals surface area contributed by atoms with Crippen LogP contribution in [0.5, 0.6) is 11.5 Å². The zero-order valence-electron chi connectivity index (χ0n) is 11.1. The third-order valence-corrected chi connectivity index (χ3v) is 2.88. The summed E-state index contributed by atoms with van der Waals surface area (Å²) in [5.41, 5.74) is 8.59. The molecule has 0 radical (unpaired) electrons. The van der Waals surface area contributed by atoms with Crippen LogP contribution < -0.4 is 20.6 Å². The maximum absolute atomic E-state index is 5.54. The van der Waals surface area contributed by atoms with Crippen LogP contribution in [0.3, 0.4) is 0 Å². The van der Waals surface area contributed by atoms with Crippen molar-refractivity contribution >= 4 is 39.5 Å².